The van der Waals surface area contributed by atoms with Gasteiger partial charge in [-0.05, 0) is 71.8 Å². The van der Waals surface area contributed by atoms with Gasteiger partial charge in [-0.3, -0.25) is 10.1 Å². The van der Waals surface area contributed by atoms with E-state index < -0.39 is 0 Å². The summed E-state index contributed by atoms with van der Waals surface area (Å²) in [6, 6.07) is 30.3. The van der Waals surface area contributed by atoms with E-state index in [1.807, 2.05) is 84.4 Å². The van der Waals surface area contributed by atoms with E-state index in [4.69, 9.17) is 28.9 Å². The zero-order valence-corrected chi connectivity index (χ0v) is 22.2. The number of nitro benzene ring substituents is 1. The van der Waals surface area contributed by atoms with Crippen molar-refractivity contribution in [2.45, 2.75) is 0 Å². The predicted octanol–water partition coefficient (Wildman–Crippen LogP) is 8.49. The molecular weight excluding hydrogens is 519 g/mol. The number of nitrogen functional groups attached to an aromatic ring is 1. The number of nitrogens with two attached hydrogens (primary N) is 1. The first-order valence-electron chi connectivity index (χ1n) is 11.8. The summed E-state index contributed by atoms with van der Waals surface area (Å²) in [6.07, 6.45) is 0. The Labute approximate surface area is 229 Å². The molecule has 0 spiro atoms. The van der Waals surface area contributed by atoms with Crippen LogP contribution in [0.25, 0.3) is 44.3 Å². The first kappa shape index (κ1) is 25.4. The Morgan fingerprint density at radius 2 is 1.11 bits per heavy atom. The molecule has 0 saturated heterocycles. The van der Waals surface area contributed by atoms with Crippen LogP contribution in [0.1, 0.15) is 0 Å². The normalized spacial score (nSPS) is 10.9. The lowest BCUT2D eigenvalue weighted by Gasteiger charge is -2.04. The molecule has 0 amide bonds. The SMILES string of the molecule is Cn1c(-c2ccc(Cl)cc2)cc2cc(N)ccc21.Cn1c(-c2ccc(Cl)cc2)cc2cc([N+](=O)[O-])ccc21. The predicted molar refractivity (Wildman–Crippen MR) is 158 cm³/mol. The summed E-state index contributed by atoms with van der Waals surface area (Å²) < 4.78 is 4.18. The molecule has 38 heavy (non-hydrogen) atoms. The highest BCUT2D eigenvalue weighted by Crippen LogP contribution is 2.31. The van der Waals surface area contributed by atoms with E-state index in [0.717, 1.165) is 49.5 Å². The molecule has 2 heterocycles. The number of non-ortho nitro benzene ring substituents is 1. The third-order valence-corrected chi connectivity index (χ3v) is 7.09. The molecule has 2 N–H and O–H groups in total. The number of aryl methyl sites for hydroxylation is 2. The number of benzene rings is 4. The lowest BCUT2D eigenvalue weighted by Crippen LogP contribution is -1.91. The molecule has 6 nitrogen and oxygen atoms in total. The number of hydrogen-bond donors (Lipinski definition) is 1. The summed E-state index contributed by atoms with van der Waals surface area (Å²) >= 11 is 11.8. The molecule has 0 bridgehead atoms. The molecule has 0 saturated carbocycles. The largest absolute Gasteiger partial charge is 0.399 e. The molecule has 8 heteroatoms. The maximum Gasteiger partial charge on any atom is 0.270 e. The third-order valence-electron chi connectivity index (χ3n) is 6.58. The summed E-state index contributed by atoms with van der Waals surface area (Å²) in [7, 11) is 4.00. The van der Waals surface area contributed by atoms with Crippen LogP contribution >= 0.6 is 23.2 Å². The second kappa shape index (κ2) is 10.2. The number of nitrogens with zero attached hydrogens (tertiary/aromatic N) is 3. The molecule has 0 atom stereocenters. The van der Waals surface area contributed by atoms with Gasteiger partial charge in [0.05, 0.1) is 4.92 Å². The van der Waals surface area contributed by atoms with Gasteiger partial charge in [0.15, 0.2) is 0 Å². The summed E-state index contributed by atoms with van der Waals surface area (Å²) in [5.41, 5.74) is 13.2. The highest BCUT2D eigenvalue weighted by molar-refractivity contribution is 6.30. The fourth-order valence-electron chi connectivity index (χ4n) is 4.61. The van der Waals surface area contributed by atoms with Crippen molar-refractivity contribution < 1.29 is 4.92 Å². The molecule has 0 aliphatic carbocycles. The number of rotatable bonds is 3. The minimum Gasteiger partial charge on any atom is -0.399 e. The molecule has 0 aliphatic heterocycles. The van der Waals surface area contributed by atoms with Crippen LogP contribution in [0.3, 0.4) is 0 Å². The highest BCUT2D eigenvalue weighted by atomic mass is 35.5. The van der Waals surface area contributed by atoms with Crippen LogP contribution in [-0.2, 0) is 14.1 Å². The fraction of sp³-hybridized carbons (Fsp3) is 0.0667. The van der Waals surface area contributed by atoms with Gasteiger partial charge in [0, 0.05) is 75.2 Å². The zero-order valence-electron chi connectivity index (χ0n) is 20.7. The number of halogens is 2. The number of nitro groups is 1. The minimum atomic E-state index is -0.381. The van der Waals surface area contributed by atoms with E-state index >= 15 is 0 Å². The minimum absolute atomic E-state index is 0.103. The third kappa shape index (κ3) is 4.96. The van der Waals surface area contributed by atoms with Crippen molar-refractivity contribution >= 4 is 56.4 Å². The van der Waals surface area contributed by atoms with Crippen molar-refractivity contribution in [1.29, 1.82) is 0 Å². The maximum absolute atomic E-state index is 10.8. The van der Waals surface area contributed by atoms with E-state index in [0.29, 0.717) is 5.02 Å². The summed E-state index contributed by atoms with van der Waals surface area (Å²) in [5.74, 6) is 0. The quantitative estimate of drug-likeness (QED) is 0.138. The Balaban J connectivity index is 0.000000156. The molecule has 2 aromatic heterocycles. The Kier molecular flexibility index (Phi) is 6.85. The van der Waals surface area contributed by atoms with E-state index in [-0.39, 0.29) is 10.6 Å². The Bertz CT molecular complexity index is 1790. The van der Waals surface area contributed by atoms with Crippen LogP contribution in [0.15, 0.2) is 97.1 Å². The molecular formula is C30H24Cl2N4O2. The van der Waals surface area contributed by atoms with Crippen molar-refractivity contribution in [1.82, 2.24) is 9.13 Å². The molecule has 190 valence electrons. The lowest BCUT2D eigenvalue weighted by atomic mass is 10.1. The van der Waals surface area contributed by atoms with E-state index in [9.17, 15) is 10.1 Å². The van der Waals surface area contributed by atoms with Gasteiger partial charge in [0.25, 0.3) is 5.69 Å². The summed E-state index contributed by atoms with van der Waals surface area (Å²) in [6.45, 7) is 0. The van der Waals surface area contributed by atoms with Gasteiger partial charge in [0.1, 0.15) is 0 Å². The van der Waals surface area contributed by atoms with Crippen molar-refractivity contribution in [3.8, 4) is 22.5 Å². The number of anilines is 1. The second-order valence-corrected chi connectivity index (χ2v) is 9.88. The Morgan fingerprint density at radius 3 is 1.58 bits per heavy atom. The standard InChI is InChI=1S/C15H11ClN2O2.C15H13ClN2/c1-17-14-7-6-13(18(19)20)8-11(14)9-15(17)10-2-4-12(16)5-3-10;1-18-14-7-6-13(17)8-11(14)9-15(18)10-2-4-12(16)5-3-10/h2-9H,1H3;2-9H,17H2,1H3. The maximum atomic E-state index is 10.8. The lowest BCUT2D eigenvalue weighted by molar-refractivity contribution is -0.384. The van der Waals surface area contributed by atoms with Crippen LogP contribution in [0.2, 0.25) is 10.0 Å². The molecule has 0 fully saturated rings. The van der Waals surface area contributed by atoms with Gasteiger partial charge < -0.3 is 14.9 Å². The number of hydrogen-bond acceptors (Lipinski definition) is 3. The zero-order chi connectivity index (χ0) is 27.0. The van der Waals surface area contributed by atoms with Crippen LogP contribution in [0.4, 0.5) is 11.4 Å². The van der Waals surface area contributed by atoms with Gasteiger partial charge in [0.2, 0.25) is 0 Å². The smallest absolute Gasteiger partial charge is 0.270 e. The van der Waals surface area contributed by atoms with Crippen molar-refractivity contribution in [2.24, 2.45) is 14.1 Å². The number of aromatic nitrogens is 2. The van der Waals surface area contributed by atoms with Gasteiger partial charge in [-0.15, -0.1) is 0 Å². The highest BCUT2D eigenvalue weighted by Gasteiger charge is 2.12. The average Bonchev–Trinajstić information content (AvgIpc) is 3.41. The molecule has 6 rings (SSSR count). The van der Waals surface area contributed by atoms with Crippen LogP contribution in [0, 0.1) is 10.1 Å². The van der Waals surface area contributed by atoms with E-state index in [1.165, 1.54) is 11.6 Å². The molecule has 6 aromatic rings. The van der Waals surface area contributed by atoms with Crippen LogP contribution in [0.5, 0.6) is 0 Å². The van der Waals surface area contributed by atoms with Gasteiger partial charge in [-0.1, -0.05) is 47.5 Å². The van der Waals surface area contributed by atoms with Gasteiger partial charge in [-0.2, -0.15) is 0 Å². The fourth-order valence-corrected chi connectivity index (χ4v) is 4.87. The van der Waals surface area contributed by atoms with Crippen molar-refractivity contribution in [3.05, 3.63) is 117 Å². The van der Waals surface area contributed by atoms with Crippen LogP contribution < -0.4 is 5.73 Å². The summed E-state index contributed by atoms with van der Waals surface area (Å²) in [4.78, 5) is 10.4. The van der Waals surface area contributed by atoms with Gasteiger partial charge >= 0.3 is 0 Å². The topological polar surface area (TPSA) is 79.0 Å². The van der Waals surface area contributed by atoms with Crippen molar-refractivity contribution in [2.75, 3.05) is 5.73 Å². The van der Waals surface area contributed by atoms with E-state index in [2.05, 4.69) is 17.7 Å². The first-order valence-corrected chi connectivity index (χ1v) is 12.6. The molecule has 0 unspecified atom stereocenters. The Hall–Kier alpha value is -4.26. The van der Waals surface area contributed by atoms with E-state index in [1.54, 1.807) is 12.1 Å². The molecule has 0 radical (unpaired) electrons. The van der Waals surface area contributed by atoms with Crippen molar-refractivity contribution in [3.63, 3.8) is 0 Å². The van der Waals surface area contributed by atoms with Gasteiger partial charge in [-0.25, -0.2) is 0 Å². The Morgan fingerprint density at radius 1 is 0.658 bits per heavy atom. The summed E-state index contributed by atoms with van der Waals surface area (Å²) in [5, 5.41) is 14.3. The monoisotopic (exact) mass is 542 g/mol. The first-order chi connectivity index (χ1) is 18.2. The van der Waals surface area contributed by atoms with Crippen LogP contribution in [-0.4, -0.2) is 14.1 Å². The second-order valence-electron chi connectivity index (χ2n) is 9.01. The number of fused-ring (bicyclic) bond motifs is 2. The average molecular weight is 543 g/mol. The molecule has 0 aliphatic rings. The molecule has 4 aromatic carbocycles.